The average molecular weight is 254 g/mol. The van der Waals surface area contributed by atoms with Gasteiger partial charge in [-0.25, -0.2) is 4.79 Å². The molecule has 1 heterocycles. The second-order valence-electron chi connectivity index (χ2n) is 6.56. The summed E-state index contributed by atoms with van der Waals surface area (Å²) in [4.78, 5) is 13.9. The van der Waals surface area contributed by atoms with E-state index in [1.54, 1.807) is 0 Å². The molecule has 0 unspecified atom stereocenters. The molecule has 1 saturated heterocycles. The lowest BCUT2D eigenvalue weighted by Crippen LogP contribution is -2.52. The normalized spacial score (nSPS) is 25.7. The highest BCUT2D eigenvalue weighted by Crippen LogP contribution is 2.21. The minimum atomic E-state index is -0.397. The van der Waals surface area contributed by atoms with Crippen LogP contribution in [-0.4, -0.2) is 41.8 Å². The summed E-state index contributed by atoms with van der Waals surface area (Å²) < 4.78 is 5.43. The fourth-order valence-corrected chi connectivity index (χ4v) is 2.51. The van der Waals surface area contributed by atoms with Crippen LogP contribution in [0.15, 0.2) is 0 Å². The van der Waals surface area contributed by atoms with E-state index < -0.39 is 5.60 Å². The monoisotopic (exact) mass is 254 g/mol. The van der Waals surface area contributed by atoms with Crippen LogP contribution in [-0.2, 0) is 4.74 Å². The average Bonchev–Trinajstić information content (AvgIpc) is 2.22. The predicted molar refractivity (Wildman–Crippen MR) is 71.6 cm³/mol. The molecule has 4 heteroatoms. The molecule has 1 saturated carbocycles. The highest BCUT2D eigenvalue weighted by atomic mass is 16.6. The SMILES string of the molecule is CC(C)(C)OC(=O)N1CCC[C@@H](NC2CCC2)C1. The van der Waals surface area contributed by atoms with Gasteiger partial charge in [-0.2, -0.15) is 0 Å². The van der Waals surface area contributed by atoms with Crippen molar-refractivity contribution >= 4 is 6.09 Å². The van der Waals surface area contributed by atoms with Gasteiger partial charge in [-0.05, 0) is 46.5 Å². The minimum Gasteiger partial charge on any atom is -0.444 e. The van der Waals surface area contributed by atoms with Gasteiger partial charge in [0.2, 0.25) is 0 Å². The standard InChI is InChI=1S/C14H26N2O2/c1-14(2,3)18-13(17)16-9-5-8-12(10-16)15-11-6-4-7-11/h11-12,15H,4-10H2,1-3H3/t12-/m1/s1. The first-order valence-corrected chi connectivity index (χ1v) is 7.18. The molecule has 0 bridgehead atoms. The van der Waals surface area contributed by atoms with Gasteiger partial charge >= 0.3 is 6.09 Å². The van der Waals surface area contributed by atoms with Crippen molar-refractivity contribution in [2.24, 2.45) is 0 Å². The van der Waals surface area contributed by atoms with Gasteiger partial charge in [0.15, 0.2) is 0 Å². The summed E-state index contributed by atoms with van der Waals surface area (Å²) >= 11 is 0. The smallest absolute Gasteiger partial charge is 0.410 e. The van der Waals surface area contributed by atoms with Crippen molar-refractivity contribution in [2.45, 2.75) is 70.6 Å². The molecule has 1 aliphatic carbocycles. The van der Waals surface area contributed by atoms with E-state index in [0.29, 0.717) is 12.1 Å². The van der Waals surface area contributed by atoms with Crippen LogP contribution in [0.1, 0.15) is 52.9 Å². The first-order chi connectivity index (χ1) is 8.44. The van der Waals surface area contributed by atoms with Crippen molar-refractivity contribution < 1.29 is 9.53 Å². The Hall–Kier alpha value is -0.770. The molecule has 1 amide bonds. The zero-order valence-electron chi connectivity index (χ0n) is 11.9. The third-order valence-corrected chi connectivity index (χ3v) is 3.65. The van der Waals surface area contributed by atoms with Crippen LogP contribution in [0, 0.1) is 0 Å². The molecule has 1 aliphatic heterocycles. The third kappa shape index (κ3) is 3.87. The van der Waals surface area contributed by atoms with Crippen molar-refractivity contribution in [1.29, 1.82) is 0 Å². The molecule has 2 aliphatic rings. The van der Waals surface area contributed by atoms with E-state index in [2.05, 4.69) is 5.32 Å². The molecule has 0 aromatic carbocycles. The Bertz CT molecular complexity index is 295. The Morgan fingerprint density at radius 3 is 2.39 bits per heavy atom. The molecule has 18 heavy (non-hydrogen) atoms. The molecule has 0 aromatic heterocycles. The Labute approximate surface area is 110 Å². The number of carbonyl (C=O) groups is 1. The molecule has 0 radical (unpaired) electrons. The summed E-state index contributed by atoms with van der Waals surface area (Å²) in [6.45, 7) is 7.37. The van der Waals surface area contributed by atoms with E-state index in [-0.39, 0.29) is 6.09 Å². The number of nitrogens with zero attached hydrogens (tertiary/aromatic N) is 1. The maximum absolute atomic E-state index is 12.0. The maximum atomic E-state index is 12.0. The number of hydrogen-bond donors (Lipinski definition) is 1. The fraction of sp³-hybridized carbons (Fsp3) is 0.929. The van der Waals surface area contributed by atoms with Crippen molar-refractivity contribution in [3.8, 4) is 0 Å². The van der Waals surface area contributed by atoms with E-state index >= 15 is 0 Å². The molecule has 104 valence electrons. The molecule has 2 fully saturated rings. The number of nitrogens with one attached hydrogen (secondary N) is 1. The van der Waals surface area contributed by atoms with Crippen molar-refractivity contribution in [2.75, 3.05) is 13.1 Å². The van der Waals surface area contributed by atoms with E-state index in [1.165, 1.54) is 25.7 Å². The topological polar surface area (TPSA) is 41.6 Å². The number of likely N-dealkylation sites (tertiary alicyclic amines) is 1. The van der Waals surface area contributed by atoms with Gasteiger partial charge < -0.3 is 15.0 Å². The Morgan fingerprint density at radius 2 is 1.83 bits per heavy atom. The Morgan fingerprint density at radius 1 is 1.17 bits per heavy atom. The lowest BCUT2D eigenvalue weighted by Gasteiger charge is -2.38. The molecular weight excluding hydrogens is 228 g/mol. The van der Waals surface area contributed by atoms with E-state index in [1.807, 2.05) is 25.7 Å². The molecule has 4 nitrogen and oxygen atoms in total. The van der Waals surface area contributed by atoms with Gasteiger partial charge in [0.05, 0.1) is 0 Å². The van der Waals surface area contributed by atoms with Crippen molar-refractivity contribution in [3.05, 3.63) is 0 Å². The zero-order valence-corrected chi connectivity index (χ0v) is 11.9. The number of hydrogen-bond acceptors (Lipinski definition) is 3. The summed E-state index contributed by atoms with van der Waals surface area (Å²) in [5.41, 5.74) is -0.397. The van der Waals surface area contributed by atoms with Crippen molar-refractivity contribution in [3.63, 3.8) is 0 Å². The third-order valence-electron chi connectivity index (χ3n) is 3.65. The van der Waals surface area contributed by atoms with Crippen LogP contribution in [0.2, 0.25) is 0 Å². The van der Waals surface area contributed by atoms with E-state index in [4.69, 9.17) is 4.74 Å². The van der Waals surface area contributed by atoms with Crippen LogP contribution in [0.4, 0.5) is 4.79 Å². The highest BCUT2D eigenvalue weighted by Gasteiger charge is 2.29. The van der Waals surface area contributed by atoms with E-state index in [0.717, 1.165) is 19.5 Å². The minimum absolute atomic E-state index is 0.164. The molecule has 0 aromatic rings. The summed E-state index contributed by atoms with van der Waals surface area (Å²) in [5, 5.41) is 3.65. The molecule has 1 atom stereocenters. The molecule has 2 rings (SSSR count). The quantitative estimate of drug-likeness (QED) is 0.823. The van der Waals surface area contributed by atoms with Crippen LogP contribution in [0.25, 0.3) is 0 Å². The molecule has 1 N–H and O–H groups in total. The number of amides is 1. The maximum Gasteiger partial charge on any atom is 0.410 e. The summed E-state index contributed by atoms with van der Waals surface area (Å²) in [5.74, 6) is 0. The summed E-state index contributed by atoms with van der Waals surface area (Å²) in [6, 6.07) is 1.14. The van der Waals surface area contributed by atoms with Crippen LogP contribution in [0.3, 0.4) is 0 Å². The second kappa shape index (κ2) is 5.47. The Kier molecular flexibility index (Phi) is 4.15. The van der Waals surface area contributed by atoms with Crippen molar-refractivity contribution in [1.82, 2.24) is 10.2 Å². The van der Waals surface area contributed by atoms with Gasteiger partial charge in [-0.1, -0.05) is 6.42 Å². The number of carbonyl (C=O) groups excluding carboxylic acids is 1. The van der Waals surface area contributed by atoms with Crippen LogP contribution in [0.5, 0.6) is 0 Å². The number of piperidine rings is 1. The molecule has 0 spiro atoms. The highest BCUT2D eigenvalue weighted by molar-refractivity contribution is 5.68. The fourth-order valence-electron chi connectivity index (χ4n) is 2.51. The van der Waals surface area contributed by atoms with Gasteiger partial charge in [0.25, 0.3) is 0 Å². The molecular formula is C14H26N2O2. The lowest BCUT2D eigenvalue weighted by atomic mass is 9.91. The van der Waals surface area contributed by atoms with Crippen LogP contribution < -0.4 is 5.32 Å². The van der Waals surface area contributed by atoms with Gasteiger partial charge in [-0.3, -0.25) is 0 Å². The zero-order chi connectivity index (χ0) is 13.2. The second-order valence-corrected chi connectivity index (χ2v) is 6.56. The van der Waals surface area contributed by atoms with E-state index in [9.17, 15) is 4.79 Å². The van der Waals surface area contributed by atoms with Gasteiger partial charge in [-0.15, -0.1) is 0 Å². The largest absolute Gasteiger partial charge is 0.444 e. The predicted octanol–water partition coefficient (Wildman–Crippen LogP) is 2.53. The van der Waals surface area contributed by atoms with Gasteiger partial charge in [0, 0.05) is 25.2 Å². The Balaban J connectivity index is 1.80. The lowest BCUT2D eigenvalue weighted by molar-refractivity contribution is 0.0178. The first kappa shape index (κ1) is 13.7. The van der Waals surface area contributed by atoms with Gasteiger partial charge in [0.1, 0.15) is 5.60 Å². The number of ether oxygens (including phenoxy) is 1. The summed E-state index contributed by atoms with van der Waals surface area (Å²) in [6.07, 6.45) is 6.02. The van der Waals surface area contributed by atoms with Crippen LogP contribution >= 0.6 is 0 Å². The summed E-state index contributed by atoms with van der Waals surface area (Å²) in [7, 11) is 0. The first-order valence-electron chi connectivity index (χ1n) is 7.18. The number of rotatable bonds is 2.